The number of carbonyl (C=O) groups excluding carboxylic acids is 2. The number of benzene rings is 2. The van der Waals surface area contributed by atoms with E-state index in [-0.39, 0.29) is 17.9 Å². The van der Waals surface area contributed by atoms with Gasteiger partial charge < -0.3 is 24.2 Å². The van der Waals surface area contributed by atoms with Gasteiger partial charge in [-0.3, -0.25) is 9.59 Å². The molecule has 7 nitrogen and oxygen atoms in total. The van der Waals surface area contributed by atoms with Crippen molar-refractivity contribution in [2.45, 2.75) is 12.5 Å². The molecule has 1 N–H and O–H groups in total. The smallest absolute Gasteiger partial charge is 0.290 e. The summed E-state index contributed by atoms with van der Waals surface area (Å²) in [6, 6.07) is 15.5. The molecule has 1 aliphatic heterocycles. The molecule has 4 rings (SSSR count). The minimum atomic E-state index is -0.715. The molecule has 0 spiro atoms. The summed E-state index contributed by atoms with van der Waals surface area (Å²) < 4.78 is 15.9. The van der Waals surface area contributed by atoms with Gasteiger partial charge in [-0.25, -0.2) is 0 Å². The van der Waals surface area contributed by atoms with E-state index in [1.54, 1.807) is 63.1 Å². The van der Waals surface area contributed by atoms with Crippen molar-refractivity contribution in [1.82, 2.24) is 4.90 Å². The molecule has 1 amide bonds. The van der Waals surface area contributed by atoms with Gasteiger partial charge in [0.1, 0.15) is 5.75 Å². The largest absolute Gasteiger partial charge is 0.503 e. The van der Waals surface area contributed by atoms with Gasteiger partial charge >= 0.3 is 0 Å². The molecule has 2 aromatic carbocycles. The van der Waals surface area contributed by atoms with Crippen molar-refractivity contribution in [3.05, 3.63) is 87.3 Å². The summed E-state index contributed by atoms with van der Waals surface area (Å²) in [6.45, 7) is 0.288. The van der Waals surface area contributed by atoms with Gasteiger partial charge in [0.25, 0.3) is 5.91 Å². The first-order valence-electron chi connectivity index (χ1n) is 10.7. The fraction of sp³-hybridized carbons (Fsp3) is 0.231. The lowest BCUT2D eigenvalue weighted by atomic mass is 9.95. The third-order valence-electron chi connectivity index (χ3n) is 5.81. The maximum absolute atomic E-state index is 13.3. The van der Waals surface area contributed by atoms with Crippen LogP contribution in [0, 0.1) is 0 Å². The van der Waals surface area contributed by atoms with E-state index < -0.39 is 17.7 Å². The van der Waals surface area contributed by atoms with Crippen LogP contribution in [0.5, 0.6) is 17.2 Å². The molecule has 1 aromatic heterocycles. The second-order valence-electron chi connectivity index (χ2n) is 7.68. The summed E-state index contributed by atoms with van der Waals surface area (Å²) in [5, 5.41) is 12.6. The number of aliphatic hydroxyl groups is 1. The molecule has 1 aliphatic rings. The Labute approximate surface area is 201 Å². The lowest BCUT2D eigenvalue weighted by Gasteiger charge is -2.27. The highest BCUT2D eigenvalue weighted by molar-refractivity contribution is 7.12. The summed E-state index contributed by atoms with van der Waals surface area (Å²) in [5.41, 5.74) is 1.73. The molecule has 0 saturated carbocycles. The van der Waals surface area contributed by atoms with E-state index in [0.717, 1.165) is 5.56 Å². The van der Waals surface area contributed by atoms with E-state index in [9.17, 15) is 14.7 Å². The van der Waals surface area contributed by atoms with E-state index in [0.29, 0.717) is 34.1 Å². The predicted molar refractivity (Wildman–Crippen MR) is 129 cm³/mol. The first-order valence-corrected chi connectivity index (χ1v) is 11.5. The number of Topliss-reactive ketones (excluding diaryl/α,β-unsaturated/α-hetero) is 1. The van der Waals surface area contributed by atoms with Crippen LogP contribution in [-0.4, -0.2) is 49.6 Å². The molecule has 1 atom stereocenters. The molecule has 0 unspecified atom stereocenters. The highest BCUT2D eigenvalue weighted by Gasteiger charge is 2.43. The molecule has 0 aliphatic carbocycles. The van der Waals surface area contributed by atoms with Crippen LogP contribution in [-0.2, 0) is 11.2 Å². The van der Waals surface area contributed by atoms with Crippen LogP contribution in [0.1, 0.15) is 26.8 Å². The van der Waals surface area contributed by atoms with Crippen LogP contribution in [0.25, 0.3) is 0 Å². The molecule has 0 fully saturated rings. The van der Waals surface area contributed by atoms with Crippen LogP contribution in [0.15, 0.2) is 71.3 Å². The van der Waals surface area contributed by atoms with Crippen molar-refractivity contribution in [2.24, 2.45) is 0 Å². The molecular weight excluding hydrogens is 454 g/mol. The van der Waals surface area contributed by atoms with Crippen molar-refractivity contribution >= 4 is 23.0 Å². The number of hydrogen-bond acceptors (Lipinski definition) is 7. The minimum Gasteiger partial charge on any atom is -0.503 e. The number of amides is 1. The number of ether oxygens (including phenoxy) is 3. The summed E-state index contributed by atoms with van der Waals surface area (Å²) in [5.74, 6) is 0.434. The van der Waals surface area contributed by atoms with Gasteiger partial charge in [0.05, 0.1) is 37.8 Å². The SMILES string of the molecule is COc1ccc([C@@H]2C(C(=O)c3cccs3)=C(O)C(=O)N2CCc2ccc(OC)c(OC)c2)cc1. The average molecular weight is 480 g/mol. The van der Waals surface area contributed by atoms with Gasteiger partial charge in [0.15, 0.2) is 17.3 Å². The van der Waals surface area contributed by atoms with Crippen molar-refractivity contribution in [3.8, 4) is 17.2 Å². The van der Waals surface area contributed by atoms with Crippen LogP contribution in [0.4, 0.5) is 0 Å². The van der Waals surface area contributed by atoms with Gasteiger partial charge in [-0.05, 0) is 53.3 Å². The average Bonchev–Trinajstić information content (AvgIpc) is 3.50. The van der Waals surface area contributed by atoms with Crippen LogP contribution in [0.3, 0.4) is 0 Å². The third-order valence-corrected chi connectivity index (χ3v) is 6.68. The Bertz CT molecular complexity index is 1220. The molecular formula is C26H25NO6S. The van der Waals surface area contributed by atoms with E-state index in [1.807, 2.05) is 18.2 Å². The lowest BCUT2D eigenvalue weighted by molar-refractivity contribution is -0.129. The van der Waals surface area contributed by atoms with E-state index >= 15 is 0 Å². The molecule has 0 bridgehead atoms. The van der Waals surface area contributed by atoms with Crippen molar-refractivity contribution in [3.63, 3.8) is 0 Å². The number of methoxy groups -OCH3 is 3. The van der Waals surface area contributed by atoms with Gasteiger partial charge in [-0.2, -0.15) is 0 Å². The maximum Gasteiger partial charge on any atom is 0.290 e. The Morgan fingerprint density at radius 1 is 1.00 bits per heavy atom. The highest BCUT2D eigenvalue weighted by Crippen LogP contribution is 2.40. The second-order valence-corrected chi connectivity index (χ2v) is 8.63. The number of hydrogen-bond donors (Lipinski definition) is 1. The van der Waals surface area contributed by atoms with Crippen LogP contribution in [0.2, 0.25) is 0 Å². The Morgan fingerprint density at radius 2 is 1.74 bits per heavy atom. The van der Waals surface area contributed by atoms with Gasteiger partial charge in [0, 0.05) is 6.54 Å². The fourth-order valence-corrected chi connectivity index (χ4v) is 4.75. The molecule has 0 radical (unpaired) electrons. The van der Waals surface area contributed by atoms with Gasteiger partial charge in [-0.1, -0.05) is 24.3 Å². The Kier molecular flexibility index (Phi) is 6.88. The Hall–Kier alpha value is -3.78. The quantitative estimate of drug-likeness (QED) is 0.452. The number of thiophene rings is 1. The number of ketones is 1. The number of nitrogens with zero attached hydrogens (tertiary/aromatic N) is 1. The monoisotopic (exact) mass is 479 g/mol. The molecule has 3 aromatic rings. The Balaban J connectivity index is 1.67. The standard InChI is InChI=1S/C26H25NO6S/c1-31-18-9-7-17(8-10-18)23-22(24(28)21-5-4-14-34-21)25(29)26(30)27(23)13-12-16-6-11-19(32-2)20(15-16)33-3/h4-11,14-15,23,29H,12-13H2,1-3H3/t23-/m1/s1. The zero-order valence-electron chi connectivity index (χ0n) is 19.1. The topological polar surface area (TPSA) is 85.3 Å². The molecule has 176 valence electrons. The number of rotatable bonds is 9. The first-order chi connectivity index (χ1) is 16.5. The second kappa shape index (κ2) is 10.0. The van der Waals surface area contributed by atoms with Gasteiger partial charge in [-0.15, -0.1) is 11.3 Å². The normalized spacial score (nSPS) is 15.6. The first kappa shape index (κ1) is 23.4. The molecule has 34 heavy (non-hydrogen) atoms. The van der Waals surface area contributed by atoms with E-state index in [1.165, 1.54) is 16.2 Å². The summed E-state index contributed by atoms with van der Waals surface area (Å²) in [4.78, 5) is 28.4. The summed E-state index contributed by atoms with van der Waals surface area (Å²) in [7, 11) is 4.71. The van der Waals surface area contributed by atoms with Crippen molar-refractivity contribution in [2.75, 3.05) is 27.9 Å². The van der Waals surface area contributed by atoms with Crippen LogP contribution < -0.4 is 14.2 Å². The number of aliphatic hydroxyl groups excluding tert-OH is 1. The zero-order valence-corrected chi connectivity index (χ0v) is 19.9. The van der Waals surface area contributed by atoms with E-state index in [4.69, 9.17) is 14.2 Å². The molecule has 8 heteroatoms. The molecule has 2 heterocycles. The summed E-state index contributed by atoms with van der Waals surface area (Å²) >= 11 is 1.27. The zero-order chi connectivity index (χ0) is 24.2. The third kappa shape index (κ3) is 4.36. The van der Waals surface area contributed by atoms with E-state index in [2.05, 4.69) is 0 Å². The predicted octanol–water partition coefficient (Wildman–Crippen LogP) is 4.59. The van der Waals surface area contributed by atoms with Gasteiger partial charge in [0.2, 0.25) is 5.78 Å². The van der Waals surface area contributed by atoms with Crippen molar-refractivity contribution < 1.29 is 28.9 Å². The maximum atomic E-state index is 13.3. The lowest BCUT2D eigenvalue weighted by Crippen LogP contribution is -2.33. The van der Waals surface area contributed by atoms with Crippen LogP contribution >= 0.6 is 11.3 Å². The minimum absolute atomic E-state index is 0.0879. The highest BCUT2D eigenvalue weighted by atomic mass is 32.1. The molecule has 0 saturated heterocycles. The summed E-state index contributed by atoms with van der Waals surface area (Å²) in [6.07, 6.45) is 0.493. The fourth-order valence-electron chi connectivity index (χ4n) is 4.08. The Morgan fingerprint density at radius 3 is 2.35 bits per heavy atom. The number of carbonyl (C=O) groups is 2. The van der Waals surface area contributed by atoms with Crippen molar-refractivity contribution in [1.29, 1.82) is 0 Å².